The minimum Gasteiger partial charge on any atom is -0.394 e. The summed E-state index contributed by atoms with van der Waals surface area (Å²) in [4.78, 5) is 27.4. The van der Waals surface area contributed by atoms with E-state index >= 15 is 0 Å². The van der Waals surface area contributed by atoms with Crippen LogP contribution in [-0.4, -0.2) is 57.3 Å². The average Bonchev–Trinajstić information content (AvgIpc) is 3.46. The molecule has 1 atom stereocenters. The van der Waals surface area contributed by atoms with Crippen LogP contribution in [0.15, 0.2) is 36.7 Å². The van der Waals surface area contributed by atoms with Gasteiger partial charge in [0.25, 0.3) is 5.91 Å². The largest absolute Gasteiger partial charge is 0.394 e. The molecule has 1 saturated heterocycles. The van der Waals surface area contributed by atoms with Crippen molar-refractivity contribution in [2.24, 2.45) is 5.92 Å². The zero-order valence-corrected chi connectivity index (χ0v) is 16.5. The maximum Gasteiger partial charge on any atom is 0.251 e. The smallest absolute Gasteiger partial charge is 0.251 e. The minimum absolute atomic E-state index is 0.0116. The zero-order valence-electron chi connectivity index (χ0n) is 16.5. The summed E-state index contributed by atoms with van der Waals surface area (Å²) in [5, 5.41) is 19.3. The molecule has 0 radical (unpaired) electrons. The fourth-order valence-electron chi connectivity index (χ4n) is 4.55. The zero-order chi connectivity index (χ0) is 20.2. The predicted octanol–water partition coefficient (Wildman–Crippen LogP) is 2.35. The van der Waals surface area contributed by atoms with Gasteiger partial charge in [-0.15, -0.1) is 0 Å². The highest BCUT2D eigenvalue weighted by atomic mass is 16.3. The number of aromatic amines is 1. The van der Waals surface area contributed by atoms with Crippen LogP contribution in [0.5, 0.6) is 0 Å². The quantitative estimate of drug-likeness (QED) is 0.722. The van der Waals surface area contributed by atoms with Crippen molar-refractivity contribution in [1.29, 1.82) is 0 Å². The number of amides is 2. The van der Waals surface area contributed by atoms with E-state index in [4.69, 9.17) is 0 Å². The van der Waals surface area contributed by atoms with Crippen molar-refractivity contribution in [3.05, 3.63) is 42.2 Å². The van der Waals surface area contributed by atoms with Crippen LogP contribution in [-0.2, 0) is 4.79 Å². The number of benzene rings is 1. The van der Waals surface area contributed by atoms with E-state index in [2.05, 4.69) is 15.5 Å². The summed E-state index contributed by atoms with van der Waals surface area (Å²) in [7, 11) is 0. The number of carbonyl (C=O) groups excluding carboxylic acids is 2. The number of aromatic nitrogens is 2. The topological polar surface area (TPSA) is 98.3 Å². The number of rotatable bonds is 5. The molecule has 4 rings (SSSR count). The van der Waals surface area contributed by atoms with E-state index in [-0.39, 0.29) is 36.4 Å². The molecule has 2 fully saturated rings. The first-order chi connectivity index (χ1) is 14.2. The minimum atomic E-state index is -0.0787. The monoisotopic (exact) mass is 396 g/mol. The van der Waals surface area contributed by atoms with Crippen molar-refractivity contribution in [2.45, 2.75) is 50.6 Å². The summed E-state index contributed by atoms with van der Waals surface area (Å²) in [5.41, 5.74) is 2.52. The normalized spacial score (nSPS) is 24.4. The van der Waals surface area contributed by atoms with Gasteiger partial charge < -0.3 is 15.3 Å². The number of aliphatic hydroxyl groups excluding tert-OH is 1. The number of nitrogens with zero attached hydrogens (tertiary/aromatic N) is 2. The van der Waals surface area contributed by atoms with Gasteiger partial charge in [-0.25, -0.2) is 0 Å². The van der Waals surface area contributed by atoms with Crippen LogP contribution in [0, 0.1) is 5.92 Å². The highest BCUT2D eigenvalue weighted by Crippen LogP contribution is 2.29. The molecule has 1 aromatic heterocycles. The molecule has 0 spiro atoms. The van der Waals surface area contributed by atoms with E-state index in [1.54, 1.807) is 12.4 Å². The molecule has 0 unspecified atom stereocenters. The second-order valence-corrected chi connectivity index (χ2v) is 8.10. The number of H-pyrrole nitrogens is 1. The van der Waals surface area contributed by atoms with Crippen molar-refractivity contribution in [3.63, 3.8) is 0 Å². The van der Waals surface area contributed by atoms with Gasteiger partial charge in [-0.05, 0) is 56.2 Å². The lowest BCUT2D eigenvalue weighted by molar-refractivity contribution is -0.138. The summed E-state index contributed by atoms with van der Waals surface area (Å²) >= 11 is 0. The molecule has 7 nitrogen and oxygen atoms in total. The molecule has 2 heterocycles. The Balaban J connectivity index is 1.31. The number of aliphatic hydroxyl groups is 1. The van der Waals surface area contributed by atoms with E-state index in [0.29, 0.717) is 5.56 Å². The first-order valence-corrected chi connectivity index (χ1v) is 10.5. The summed E-state index contributed by atoms with van der Waals surface area (Å²) < 4.78 is 0. The van der Waals surface area contributed by atoms with Crippen molar-refractivity contribution < 1.29 is 14.7 Å². The number of hydrogen-bond acceptors (Lipinski definition) is 4. The Labute approximate surface area is 170 Å². The van der Waals surface area contributed by atoms with Crippen molar-refractivity contribution >= 4 is 11.8 Å². The lowest BCUT2D eigenvalue weighted by atomic mass is 9.85. The van der Waals surface area contributed by atoms with Gasteiger partial charge in [0.05, 0.1) is 18.8 Å². The van der Waals surface area contributed by atoms with Crippen molar-refractivity contribution in [3.8, 4) is 11.1 Å². The lowest BCUT2D eigenvalue weighted by Crippen LogP contribution is -2.44. The van der Waals surface area contributed by atoms with Gasteiger partial charge in [0.15, 0.2) is 0 Å². The van der Waals surface area contributed by atoms with Gasteiger partial charge in [-0.3, -0.25) is 14.7 Å². The molecular formula is C22H28N4O3. The first kappa shape index (κ1) is 19.6. The highest BCUT2D eigenvalue weighted by Gasteiger charge is 2.35. The number of likely N-dealkylation sites (tertiary alicyclic amines) is 1. The highest BCUT2D eigenvalue weighted by molar-refractivity contribution is 5.95. The number of nitrogens with one attached hydrogen (secondary N) is 2. The average molecular weight is 396 g/mol. The molecule has 7 heteroatoms. The van der Waals surface area contributed by atoms with E-state index in [1.807, 2.05) is 29.2 Å². The fourth-order valence-corrected chi connectivity index (χ4v) is 4.55. The lowest BCUT2D eigenvalue weighted by Gasteiger charge is -2.33. The molecule has 1 aliphatic carbocycles. The van der Waals surface area contributed by atoms with Crippen molar-refractivity contribution in [2.75, 3.05) is 13.2 Å². The van der Waals surface area contributed by atoms with Crippen LogP contribution in [0.4, 0.5) is 0 Å². The Bertz CT molecular complexity index is 844. The molecule has 29 heavy (non-hydrogen) atoms. The van der Waals surface area contributed by atoms with E-state index in [1.165, 1.54) is 0 Å². The van der Waals surface area contributed by atoms with E-state index in [0.717, 1.165) is 56.2 Å². The molecule has 3 N–H and O–H groups in total. The van der Waals surface area contributed by atoms with Gasteiger partial charge in [-0.2, -0.15) is 5.10 Å². The first-order valence-electron chi connectivity index (χ1n) is 10.5. The molecule has 2 aromatic rings. The number of carbonyl (C=O) groups is 2. The second-order valence-electron chi connectivity index (χ2n) is 8.10. The molecule has 0 bridgehead atoms. The van der Waals surface area contributed by atoms with Crippen LogP contribution in [0.2, 0.25) is 0 Å². The SMILES string of the molecule is O=C(NC1CCC(C(=O)N2CCC[C@@H]2CO)CC1)c1cccc(-c2cn[nH]c2)c1. The summed E-state index contributed by atoms with van der Waals surface area (Å²) in [6.45, 7) is 0.808. The predicted molar refractivity (Wildman–Crippen MR) is 109 cm³/mol. The summed E-state index contributed by atoms with van der Waals surface area (Å²) in [6.07, 6.45) is 8.59. The Morgan fingerprint density at radius 2 is 2.00 bits per heavy atom. The molecule has 1 aliphatic heterocycles. The van der Waals surface area contributed by atoms with Crippen LogP contribution in [0.3, 0.4) is 0 Å². The summed E-state index contributed by atoms with van der Waals surface area (Å²) in [6, 6.07) is 7.60. The third-order valence-corrected chi connectivity index (χ3v) is 6.24. The molecule has 154 valence electrons. The standard InChI is InChI=1S/C22H28N4O3/c27-14-20-5-2-10-26(20)22(29)15-6-8-19(9-7-15)25-21(28)17-4-1-3-16(11-17)18-12-23-24-13-18/h1,3-4,11-13,15,19-20,27H,2,5-10,14H2,(H,23,24)(H,25,28)/t15?,19?,20-/m1/s1. The Morgan fingerprint density at radius 3 is 2.72 bits per heavy atom. The molecule has 2 amide bonds. The van der Waals surface area contributed by atoms with E-state index < -0.39 is 0 Å². The van der Waals surface area contributed by atoms with Gasteiger partial charge >= 0.3 is 0 Å². The third kappa shape index (κ3) is 4.34. The maximum absolute atomic E-state index is 12.8. The molecule has 2 aliphatic rings. The Kier molecular flexibility index (Phi) is 5.94. The van der Waals surface area contributed by atoms with Gasteiger partial charge in [0, 0.05) is 35.8 Å². The van der Waals surface area contributed by atoms with Gasteiger partial charge in [-0.1, -0.05) is 12.1 Å². The molecule has 1 saturated carbocycles. The maximum atomic E-state index is 12.8. The van der Waals surface area contributed by atoms with Crippen LogP contribution in [0.25, 0.3) is 11.1 Å². The second kappa shape index (κ2) is 8.78. The van der Waals surface area contributed by atoms with Gasteiger partial charge in [0.1, 0.15) is 0 Å². The third-order valence-electron chi connectivity index (χ3n) is 6.24. The number of hydrogen-bond donors (Lipinski definition) is 3. The van der Waals surface area contributed by atoms with Crippen molar-refractivity contribution in [1.82, 2.24) is 20.4 Å². The Morgan fingerprint density at radius 1 is 1.17 bits per heavy atom. The molecular weight excluding hydrogens is 368 g/mol. The van der Waals surface area contributed by atoms with Crippen LogP contribution in [0.1, 0.15) is 48.9 Å². The van der Waals surface area contributed by atoms with Crippen LogP contribution < -0.4 is 5.32 Å². The van der Waals surface area contributed by atoms with E-state index in [9.17, 15) is 14.7 Å². The summed E-state index contributed by atoms with van der Waals surface area (Å²) in [5.74, 6) is 0.115. The molecule has 1 aromatic carbocycles. The van der Waals surface area contributed by atoms with Gasteiger partial charge in [0.2, 0.25) is 5.91 Å². The Hall–Kier alpha value is -2.67. The van der Waals surface area contributed by atoms with Crippen LogP contribution >= 0.6 is 0 Å². The fraction of sp³-hybridized carbons (Fsp3) is 0.500.